The molecule has 2 aliphatic rings. The summed E-state index contributed by atoms with van der Waals surface area (Å²) >= 11 is 15.2. The zero-order valence-corrected chi connectivity index (χ0v) is 32.0. The molecule has 4 aromatic rings. The molecule has 0 bridgehead atoms. The van der Waals surface area contributed by atoms with E-state index in [-0.39, 0.29) is 30.0 Å². The van der Waals surface area contributed by atoms with E-state index in [2.05, 4.69) is 9.80 Å². The Bertz CT molecular complexity index is 2050. The van der Waals surface area contributed by atoms with E-state index < -0.39 is 19.6 Å². The van der Waals surface area contributed by atoms with Gasteiger partial charge in [-0.15, -0.1) is 23.2 Å². The SMILES string of the molecule is CN(C)Cc1ccc(C2=CC=C(C(=O)C3=CC=C(c4ccc(CN(C)C)cc4)C(Cl)(c4ccc([N+](=O)[O-])cc4)C3)CC2(Cl)c2ccc([N+](=O)[O-])cc2)cc1. The molecular formula is C43H40Cl2N4O5. The van der Waals surface area contributed by atoms with Crippen LogP contribution in [0.2, 0.25) is 0 Å². The van der Waals surface area contributed by atoms with Gasteiger partial charge < -0.3 is 9.80 Å². The first-order valence-corrected chi connectivity index (χ1v) is 18.2. The van der Waals surface area contributed by atoms with Gasteiger partial charge in [0.25, 0.3) is 11.4 Å². The number of benzene rings is 4. The monoisotopic (exact) mass is 762 g/mol. The molecule has 0 fully saturated rings. The number of rotatable bonds is 12. The van der Waals surface area contributed by atoms with Crippen molar-refractivity contribution in [3.05, 3.63) is 186 Å². The Labute approximate surface area is 324 Å². The number of nitrogens with zero attached hydrogens (tertiary/aromatic N) is 4. The maximum absolute atomic E-state index is 14.6. The normalized spacial score (nSPS) is 19.9. The maximum atomic E-state index is 14.6. The summed E-state index contributed by atoms with van der Waals surface area (Å²) in [4.78, 5) is 38.3. The van der Waals surface area contributed by atoms with Crippen LogP contribution >= 0.6 is 23.2 Å². The van der Waals surface area contributed by atoms with Crippen molar-refractivity contribution in [2.75, 3.05) is 28.2 Å². The largest absolute Gasteiger partial charge is 0.305 e. The van der Waals surface area contributed by atoms with Gasteiger partial charge in [0, 0.05) is 61.3 Å². The van der Waals surface area contributed by atoms with Gasteiger partial charge in [0.05, 0.1) is 19.6 Å². The van der Waals surface area contributed by atoms with Crippen molar-refractivity contribution in [2.24, 2.45) is 0 Å². The molecule has 0 amide bonds. The maximum Gasteiger partial charge on any atom is 0.269 e. The first kappa shape index (κ1) is 38.5. The van der Waals surface area contributed by atoms with Crippen LogP contribution in [0.5, 0.6) is 0 Å². The molecule has 0 spiro atoms. The molecule has 0 N–H and O–H groups in total. The average molecular weight is 764 g/mol. The van der Waals surface area contributed by atoms with Crippen molar-refractivity contribution in [3.63, 3.8) is 0 Å². The number of nitro benzene ring substituents is 2. The molecule has 0 aromatic heterocycles. The van der Waals surface area contributed by atoms with Crippen molar-refractivity contribution >= 4 is 51.5 Å². The molecule has 2 atom stereocenters. The lowest BCUT2D eigenvalue weighted by molar-refractivity contribution is -0.385. The smallest absolute Gasteiger partial charge is 0.269 e. The van der Waals surface area contributed by atoms with E-state index in [0.717, 1.165) is 46.5 Å². The van der Waals surface area contributed by atoms with Gasteiger partial charge in [-0.2, -0.15) is 0 Å². The highest BCUT2D eigenvalue weighted by Crippen LogP contribution is 2.53. The van der Waals surface area contributed by atoms with Crippen LogP contribution in [0, 0.1) is 20.2 Å². The predicted octanol–water partition coefficient (Wildman–Crippen LogP) is 9.59. The molecule has 0 saturated heterocycles. The Kier molecular flexibility index (Phi) is 11.2. The molecule has 2 unspecified atom stereocenters. The van der Waals surface area contributed by atoms with E-state index in [1.807, 2.05) is 88.9 Å². The first-order chi connectivity index (χ1) is 25.7. The van der Waals surface area contributed by atoms with E-state index in [1.165, 1.54) is 24.3 Å². The van der Waals surface area contributed by atoms with Gasteiger partial charge >= 0.3 is 0 Å². The van der Waals surface area contributed by atoms with Crippen LogP contribution in [0.25, 0.3) is 11.1 Å². The van der Waals surface area contributed by atoms with E-state index >= 15 is 0 Å². The zero-order valence-electron chi connectivity index (χ0n) is 30.5. The fourth-order valence-electron chi connectivity index (χ4n) is 7.15. The van der Waals surface area contributed by atoms with E-state index in [0.29, 0.717) is 22.3 Å². The van der Waals surface area contributed by atoms with Crippen molar-refractivity contribution in [1.82, 2.24) is 9.80 Å². The van der Waals surface area contributed by atoms with Crippen LogP contribution in [0.1, 0.15) is 46.2 Å². The number of ketones is 1. The van der Waals surface area contributed by atoms with Crippen LogP contribution in [-0.2, 0) is 27.6 Å². The third-order valence-corrected chi connectivity index (χ3v) is 10.9. The Morgan fingerprint density at radius 1 is 0.574 bits per heavy atom. The number of carbonyl (C=O) groups is 1. The third-order valence-electron chi connectivity index (χ3n) is 9.81. The predicted molar refractivity (Wildman–Crippen MR) is 215 cm³/mol. The number of allylic oxidation sites excluding steroid dienone is 8. The molecule has 0 radical (unpaired) electrons. The first-order valence-electron chi connectivity index (χ1n) is 17.4. The summed E-state index contributed by atoms with van der Waals surface area (Å²) in [5.74, 6) is -0.234. The lowest BCUT2D eigenvalue weighted by atomic mass is 9.73. The van der Waals surface area contributed by atoms with Gasteiger partial charge in [-0.05, 0) is 72.7 Å². The highest BCUT2D eigenvalue weighted by Gasteiger charge is 2.43. The number of nitro groups is 2. The fraction of sp³-hybridized carbons (Fsp3) is 0.233. The minimum atomic E-state index is -1.22. The lowest BCUT2D eigenvalue weighted by Crippen LogP contribution is -2.29. The quantitative estimate of drug-likeness (QED) is 0.0803. The Morgan fingerprint density at radius 3 is 1.20 bits per heavy atom. The molecule has 276 valence electrons. The second kappa shape index (κ2) is 15.7. The topological polar surface area (TPSA) is 110 Å². The second-order valence-electron chi connectivity index (χ2n) is 14.3. The van der Waals surface area contributed by atoms with Crippen molar-refractivity contribution in [3.8, 4) is 0 Å². The van der Waals surface area contributed by atoms with Crippen molar-refractivity contribution < 1.29 is 14.6 Å². The minimum Gasteiger partial charge on any atom is -0.305 e. The third kappa shape index (κ3) is 8.00. The molecule has 6 rings (SSSR count). The van der Waals surface area contributed by atoms with E-state index in [1.54, 1.807) is 36.4 Å². The van der Waals surface area contributed by atoms with Crippen LogP contribution in [0.3, 0.4) is 0 Å². The Morgan fingerprint density at radius 2 is 0.907 bits per heavy atom. The summed E-state index contributed by atoms with van der Waals surface area (Å²) in [7, 11) is 8.01. The van der Waals surface area contributed by atoms with E-state index in [9.17, 15) is 25.0 Å². The highest BCUT2D eigenvalue weighted by molar-refractivity contribution is 6.33. The average Bonchev–Trinajstić information content (AvgIpc) is 3.15. The van der Waals surface area contributed by atoms with Crippen LogP contribution in [0.4, 0.5) is 11.4 Å². The van der Waals surface area contributed by atoms with Gasteiger partial charge in [0.2, 0.25) is 0 Å². The van der Waals surface area contributed by atoms with Crippen LogP contribution in [-0.4, -0.2) is 53.6 Å². The number of hydrogen-bond donors (Lipinski definition) is 0. The van der Waals surface area contributed by atoms with E-state index in [4.69, 9.17) is 23.2 Å². The number of carbonyl (C=O) groups excluding carboxylic acids is 1. The molecule has 0 saturated carbocycles. The summed E-state index contributed by atoms with van der Waals surface area (Å²) in [6, 6.07) is 28.4. The van der Waals surface area contributed by atoms with Gasteiger partial charge in [-0.25, -0.2) is 0 Å². The summed E-state index contributed by atoms with van der Waals surface area (Å²) < 4.78 is 0. The molecule has 2 aliphatic carbocycles. The Hall–Kier alpha value is -5.19. The minimum absolute atomic E-state index is 0.0628. The molecular weight excluding hydrogens is 723 g/mol. The van der Waals surface area contributed by atoms with Gasteiger partial charge in [0.15, 0.2) is 5.78 Å². The number of alkyl halides is 2. The van der Waals surface area contributed by atoms with Gasteiger partial charge in [-0.1, -0.05) is 97.1 Å². The summed E-state index contributed by atoms with van der Waals surface area (Å²) in [6.07, 6.45) is 7.53. The molecule has 0 aliphatic heterocycles. The molecule has 9 nitrogen and oxygen atoms in total. The number of halogens is 2. The van der Waals surface area contributed by atoms with Gasteiger partial charge in [0.1, 0.15) is 0 Å². The number of Topliss-reactive ketones (excluding diaryl/α,β-unsaturated/α-hetero) is 1. The molecule has 54 heavy (non-hydrogen) atoms. The number of hydrogen-bond acceptors (Lipinski definition) is 7. The molecule has 0 heterocycles. The highest BCUT2D eigenvalue weighted by atomic mass is 35.5. The second-order valence-corrected chi connectivity index (χ2v) is 15.6. The fourth-order valence-corrected chi connectivity index (χ4v) is 8.04. The number of non-ortho nitro benzene ring substituents is 2. The molecule has 11 heteroatoms. The van der Waals surface area contributed by atoms with Crippen LogP contribution < -0.4 is 0 Å². The standard InChI is InChI=1S/C43H40Cl2N4O5/c1-46(2)27-29-5-9-31(10-6-29)39-23-13-33(25-42(39,44)35-15-19-37(20-16-35)48(51)52)41(50)34-14-24-40(32-11-7-30(8-12-32)28-47(3)4)43(45,26-34)36-17-21-38(22-18-36)49(53)54/h5-24H,25-28H2,1-4H3. The zero-order chi connectivity index (χ0) is 38.8. The van der Waals surface area contributed by atoms with Crippen molar-refractivity contribution in [1.29, 1.82) is 0 Å². The van der Waals surface area contributed by atoms with Crippen LogP contribution in [0.15, 0.2) is 133 Å². The Balaban J connectivity index is 1.41. The summed E-state index contributed by atoms with van der Waals surface area (Å²) in [5, 5.41) is 23.0. The molecule has 4 aromatic carbocycles. The lowest BCUT2D eigenvalue weighted by Gasteiger charge is -2.36. The summed E-state index contributed by atoms with van der Waals surface area (Å²) in [6.45, 7) is 1.53. The van der Waals surface area contributed by atoms with Gasteiger partial charge in [-0.3, -0.25) is 25.0 Å². The summed E-state index contributed by atoms with van der Waals surface area (Å²) in [5.41, 5.74) is 7.53. The van der Waals surface area contributed by atoms with Crippen molar-refractivity contribution in [2.45, 2.75) is 35.7 Å².